The standard InChI is InChI=1S/C11H10N4O4/c1-3-8(4-2)12-13-9-5-10(14(16)17)7-11(6-9)15(18)19/h3-7H,1H2,2H3/b8-4+,13-12?. The molecule has 0 saturated heterocycles. The largest absolute Gasteiger partial charge is 0.278 e. The second-order valence-electron chi connectivity index (χ2n) is 3.34. The minimum absolute atomic E-state index is 0.0297. The van der Waals surface area contributed by atoms with Crippen molar-refractivity contribution in [1.29, 1.82) is 0 Å². The van der Waals surface area contributed by atoms with E-state index in [1.54, 1.807) is 13.0 Å². The van der Waals surface area contributed by atoms with Gasteiger partial charge < -0.3 is 0 Å². The van der Waals surface area contributed by atoms with Crippen LogP contribution >= 0.6 is 0 Å². The van der Waals surface area contributed by atoms with E-state index < -0.39 is 21.2 Å². The molecule has 0 bridgehead atoms. The van der Waals surface area contributed by atoms with Crippen LogP contribution in [0.15, 0.2) is 52.9 Å². The minimum Gasteiger partial charge on any atom is -0.258 e. The predicted octanol–water partition coefficient (Wildman–Crippen LogP) is 3.68. The van der Waals surface area contributed by atoms with Gasteiger partial charge in [0, 0.05) is 12.1 Å². The molecule has 0 heterocycles. The summed E-state index contributed by atoms with van der Waals surface area (Å²) in [6.45, 7) is 5.21. The van der Waals surface area contributed by atoms with Crippen LogP contribution in [0.2, 0.25) is 0 Å². The molecule has 0 atom stereocenters. The monoisotopic (exact) mass is 262 g/mol. The first-order chi connectivity index (χ1) is 8.97. The summed E-state index contributed by atoms with van der Waals surface area (Å²) in [5, 5.41) is 28.8. The molecular weight excluding hydrogens is 252 g/mol. The average Bonchev–Trinajstić information content (AvgIpc) is 2.39. The molecule has 0 saturated carbocycles. The molecule has 0 aliphatic heterocycles. The lowest BCUT2D eigenvalue weighted by Gasteiger charge is -1.96. The van der Waals surface area contributed by atoms with Crippen LogP contribution in [0.5, 0.6) is 0 Å². The third-order valence-electron chi connectivity index (χ3n) is 2.09. The number of benzene rings is 1. The molecule has 0 radical (unpaired) electrons. The Balaban J connectivity index is 3.24. The maximum absolute atomic E-state index is 10.7. The van der Waals surface area contributed by atoms with E-state index >= 15 is 0 Å². The summed E-state index contributed by atoms with van der Waals surface area (Å²) in [5.74, 6) is 0. The minimum atomic E-state index is -0.726. The third kappa shape index (κ3) is 3.80. The Labute approximate surface area is 108 Å². The van der Waals surface area contributed by atoms with Crippen LogP contribution < -0.4 is 0 Å². The van der Waals surface area contributed by atoms with Gasteiger partial charge in [-0.1, -0.05) is 12.7 Å². The van der Waals surface area contributed by atoms with E-state index in [1.165, 1.54) is 6.08 Å². The summed E-state index contributed by atoms with van der Waals surface area (Å²) in [5.41, 5.74) is -0.344. The van der Waals surface area contributed by atoms with E-state index in [2.05, 4.69) is 16.8 Å². The Kier molecular flexibility index (Phi) is 4.58. The fraction of sp³-hybridized carbons (Fsp3) is 0.0909. The lowest BCUT2D eigenvalue weighted by atomic mass is 10.2. The number of nitrogens with zero attached hydrogens (tertiary/aromatic N) is 4. The fourth-order valence-electron chi connectivity index (χ4n) is 1.18. The van der Waals surface area contributed by atoms with Crippen LogP contribution in [0.3, 0.4) is 0 Å². The number of azo groups is 1. The van der Waals surface area contributed by atoms with Gasteiger partial charge in [-0.25, -0.2) is 0 Å². The zero-order valence-electron chi connectivity index (χ0n) is 10.0. The van der Waals surface area contributed by atoms with Crippen molar-refractivity contribution in [3.05, 3.63) is 62.9 Å². The van der Waals surface area contributed by atoms with Crippen LogP contribution in [0.25, 0.3) is 0 Å². The molecule has 19 heavy (non-hydrogen) atoms. The third-order valence-corrected chi connectivity index (χ3v) is 2.09. The highest BCUT2D eigenvalue weighted by Gasteiger charge is 2.16. The van der Waals surface area contributed by atoms with Crippen molar-refractivity contribution in [2.24, 2.45) is 10.2 Å². The highest BCUT2D eigenvalue weighted by molar-refractivity contribution is 5.55. The summed E-state index contributed by atoms with van der Waals surface area (Å²) in [7, 11) is 0. The van der Waals surface area contributed by atoms with Crippen molar-refractivity contribution < 1.29 is 9.85 Å². The topological polar surface area (TPSA) is 111 Å². The van der Waals surface area contributed by atoms with Gasteiger partial charge in [0.15, 0.2) is 0 Å². The van der Waals surface area contributed by atoms with Gasteiger partial charge in [0.25, 0.3) is 11.4 Å². The highest BCUT2D eigenvalue weighted by atomic mass is 16.6. The molecule has 0 fully saturated rings. The van der Waals surface area contributed by atoms with E-state index in [4.69, 9.17) is 0 Å². The molecule has 8 nitrogen and oxygen atoms in total. The fourth-order valence-corrected chi connectivity index (χ4v) is 1.18. The van der Waals surface area contributed by atoms with Gasteiger partial charge in [-0.3, -0.25) is 20.2 Å². The van der Waals surface area contributed by atoms with Crippen LogP contribution in [-0.2, 0) is 0 Å². The summed E-state index contributed by atoms with van der Waals surface area (Å²) in [6.07, 6.45) is 3.07. The van der Waals surface area contributed by atoms with Crippen molar-refractivity contribution in [1.82, 2.24) is 0 Å². The summed E-state index contributed by atoms with van der Waals surface area (Å²) in [6, 6.07) is 3.07. The molecule has 0 aromatic heterocycles. The normalized spacial score (nSPS) is 11.5. The van der Waals surface area contributed by atoms with Gasteiger partial charge in [0.05, 0.1) is 27.3 Å². The van der Waals surface area contributed by atoms with Crippen molar-refractivity contribution in [2.45, 2.75) is 6.92 Å². The molecule has 8 heteroatoms. The maximum atomic E-state index is 10.7. The van der Waals surface area contributed by atoms with Crippen molar-refractivity contribution >= 4 is 17.1 Å². The van der Waals surface area contributed by atoms with Gasteiger partial charge in [-0.15, -0.1) is 0 Å². The first kappa shape index (κ1) is 14.2. The van der Waals surface area contributed by atoms with Gasteiger partial charge in [0.1, 0.15) is 0 Å². The zero-order valence-corrected chi connectivity index (χ0v) is 10.0. The Morgan fingerprint density at radius 1 is 1.21 bits per heavy atom. The molecule has 0 N–H and O–H groups in total. The molecular formula is C11H10N4O4. The Morgan fingerprint density at radius 2 is 1.74 bits per heavy atom. The lowest BCUT2D eigenvalue weighted by molar-refractivity contribution is -0.394. The molecule has 0 amide bonds. The van der Waals surface area contributed by atoms with Crippen molar-refractivity contribution in [2.75, 3.05) is 0 Å². The number of non-ortho nitro benzene ring substituents is 2. The molecule has 0 unspecified atom stereocenters. The summed E-state index contributed by atoms with van der Waals surface area (Å²) >= 11 is 0. The van der Waals surface area contributed by atoms with Crippen LogP contribution in [0.4, 0.5) is 17.1 Å². The Hall–Kier alpha value is -2.90. The number of allylic oxidation sites excluding steroid dienone is 2. The number of hydrogen-bond donors (Lipinski definition) is 0. The number of nitro groups is 2. The predicted molar refractivity (Wildman–Crippen MR) is 68.2 cm³/mol. The van der Waals surface area contributed by atoms with E-state index in [0.29, 0.717) is 5.70 Å². The summed E-state index contributed by atoms with van der Waals surface area (Å²) in [4.78, 5) is 19.9. The molecule has 0 aliphatic rings. The Morgan fingerprint density at radius 3 is 2.11 bits per heavy atom. The van der Waals surface area contributed by atoms with Crippen LogP contribution in [0.1, 0.15) is 6.92 Å². The van der Waals surface area contributed by atoms with Gasteiger partial charge in [0.2, 0.25) is 0 Å². The van der Waals surface area contributed by atoms with Crippen LogP contribution in [-0.4, -0.2) is 9.85 Å². The summed E-state index contributed by atoms with van der Waals surface area (Å²) < 4.78 is 0. The lowest BCUT2D eigenvalue weighted by Crippen LogP contribution is -1.92. The van der Waals surface area contributed by atoms with Crippen LogP contribution in [0, 0.1) is 20.2 Å². The van der Waals surface area contributed by atoms with Crippen molar-refractivity contribution in [3.8, 4) is 0 Å². The Bertz CT molecular complexity index is 560. The first-order valence-corrected chi connectivity index (χ1v) is 5.12. The molecule has 0 aliphatic carbocycles. The van der Waals surface area contributed by atoms with E-state index in [0.717, 1.165) is 18.2 Å². The highest BCUT2D eigenvalue weighted by Crippen LogP contribution is 2.28. The first-order valence-electron chi connectivity index (χ1n) is 5.12. The molecule has 0 spiro atoms. The number of hydrogen-bond acceptors (Lipinski definition) is 6. The van der Waals surface area contributed by atoms with Gasteiger partial charge >= 0.3 is 0 Å². The smallest absolute Gasteiger partial charge is 0.258 e. The van der Waals surface area contributed by atoms with Crippen molar-refractivity contribution in [3.63, 3.8) is 0 Å². The maximum Gasteiger partial charge on any atom is 0.278 e. The van der Waals surface area contributed by atoms with E-state index in [1.807, 2.05) is 0 Å². The molecule has 1 aromatic rings. The van der Waals surface area contributed by atoms with Gasteiger partial charge in [-0.2, -0.15) is 10.2 Å². The number of nitro benzene ring substituents is 2. The molecule has 1 aromatic carbocycles. The van der Waals surface area contributed by atoms with Gasteiger partial charge in [-0.05, 0) is 13.0 Å². The van der Waals surface area contributed by atoms with E-state index in [9.17, 15) is 20.2 Å². The average molecular weight is 262 g/mol. The second-order valence-corrected chi connectivity index (χ2v) is 3.34. The molecule has 98 valence electrons. The van der Waals surface area contributed by atoms with E-state index in [-0.39, 0.29) is 5.69 Å². The quantitative estimate of drug-likeness (QED) is 0.348. The number of rotatable bonds is 5. The molecule has 1 rings (SSSR count). The SMILES string of the molecule is C=C/C(=C\C)N=Nc1cc([N+](=O)[O-])cc([N+](=O)[O-])c1. The second kappa shape index (κ2) is 6.15. The zero-order chi connectivity index (χ0) is 14.4.